The standard InChI is InChI=1S/C20H27N3/c1-3-18-22-12-7-6-10-17(22)20-19-15(11-13-23(18)20)14-8-4-5-9-16(14)21(19)2/h4-5,8-9,17-18,20H,3,6-7,10-13H2,1-2H3. The summed E-state index contributed by atoms with van der Waals surface area (Å²) in [6.07, 6.45) is 7.29. The number of para-hydroxylation sites is 1. The average molecular weight is 309 g/mol. The van der Waals surface area contributed by atoms with E-state index < -0.39 is 0 Å². The molecule has 0 saturated carbocycles. The van der Waals surface area contributed by atoms with E-state index in [4.69, 9.17) is 0 Å². The fraction of sp³-hybridized carbons (Fsp3) is 0.600. The third-order valence-electron chi connectivity index (χ3n) is 6.61. The van der Waals surface area contributed by atoms with Crippen LogP contribution in [-0.4, -0.2) is 39.7 Å². The first-order valence-electron chi connectivity index (χ1n) is 9.39. The third-order valence-corrected chi connectivity index (χ3v) is 6.61. The van der Waals surface area contributed by atoms with Gasteiger partial charge in [0.1, 0.15) is 0 Å². The number of aromatic nitrogens is 1. The maximum Gasteiger partial charge on any atom is 0.0674 e. The van der Waals surface area contributed by atoms with Gasteiger partial charge in [-0.15, -0.1) is 0 Å². The van der Waals surface area contributed by atoms with Crippen LogP contribution in [0.3, 0.4) is 0 Å². The number of aryl methyl sites for hydroxylation is 1. The molecule has 3 heteroatoms. The van der Waals surface area contributed by atoms with E-state index in [0.29, 0.717) is 12.2 Å². The van der Waals surface area contributed by atoms with Crippen LogP contribution in [0.2, 0.25) is 0 Å². The van der Waals surface area contributed by atoms with E-state index in [9.17, 15) is 0 Å². The molecule has 3 aliphatic rings. The Labute approximate surface area is 138 Å². The molecule has 2 aromatic rings. The van der Waals surface area contributed by atoms with E-state index in [0.717, 1.165) is 6.04 Å². The number of benzene rings is 1. The maximum atomic E-state index is 2.83. The largest absolute Gasteiger partial charge is 0.346 e. The highest BCUT2D eigenvalue weighted by molar-refractivity contribution is 5.86. The van der Waals surface area contributed by atoms with Gasteiger partial charge in [-0.3, -0.25) is 9.80 Å². The lowest BCUT2D eigenvalue weighted by Gasteiger charge is -2.35. The van der Waals surface area contributed by atoms with Crippen LogP contribution in [0.25, 0.3) is 10.9 Å². The minimum Gasteiger partial charge on any atom is -0.346 e. The van der Waals surface area contributed by atoms with Crippen LogP contribution in [0.15, 0.2) is 24.3 Å². The van der Waals surface area contributed by atoms with Crippen molar-refractivity contribution in [1.29, 1.82) is 0 Å². The van der Waals surface area contributed by atoms with Crippen molar-refractivity contribution in [3.8, 4) is 0 Å². The fourth-order valence-electron chi connectivity index (χ4n) is 5.75. The van der Waals surface area contributed by atoms with E-state index in [2.05, 4.69) is 52.6 Å². The third kappa shape index (κ3) is 1.78. The van der Waals surface area contributed by atoms with Crippen molar-refractivity contribution >= 4 is 10.9 Å². The second kappa shape index (κ2) is 5.09. The summed E-state index contributed by atoms with van der Waals surface area (Å²) in [5, 5.41) is 1.49. The Morgan fingerprint density at radius 2 is 1.96 bits per heavy atom. The van der Waals surface area contributed by atoms with Crippen molar-refractivity contribution in [3.63, 3.8) is 0 Å². The van der Waals surface area contributed by atoms with Gasteiger partial charge in [0.15, 0.2) is 0 Å². The van der Waals surface area contributed by atoms with E-state index in [1.165, 1.54) is 56.1 Å². The predicted molar refractivity (Wildman–Crippen MR) is 94.5 cm³/mol. The first kappa shape index (κ1) is 14.1. The summed E-state index contributed by atoms with van der Waals surface area (Å²) in [7, 11) is 2.29. The monoisotopic (exact) mass is 309 g/mol. The van der Waals surface area contributed by atoms with Gasteiger partial charge in [-0.2, -0.15) is 0 Å². The zero-order valence-corrected chi connectivity index (χ0v) is 14.3. The van der Waals surface area contributed by atoms with Crippen LogP contribution in [0, 0.1) is 0 Å². The molecule has 1 aromatic heterocycles. The predicted octanol–water partition coefficient (Wildman–Crippen LogP) is 3.68. The normalized spacial score (nSPS) is 31.1. The van der Waals surface area contributed by atoms with Crippen molar-refractivity contribution in [1.82, 2.24) is 14.4 Å². The summed E-state index contributed by atoms with van der Waals surface area (Å²) in [6.45, 7) is 4.91. The molecule has 122 valence electrons. The number of hydrogen-bond acceptors (Lipinski definition) is 2. The smallest absolute Gasteiger partial charge is 0.0674 e. The molecular formula is C20H27N3. The molecule has 2 saturated heterocycles. The highest BCUT2D eigenvalue weighted by Gasteiger charge is 2.50. The summed E-state index contributed by atoms with van der Waals surface area (Å²) >= 11 is 0. The van der Waals surface area contributed by atoms with Gasteiger partial charge < -0.3 is 4.57 Å². The van der Waals surface area contributed by atoms with Crippen LogP contribution in [0.1, 0.15) is 49.9 Å². The molecule has 0 bridgehead atoms. The Hall–Kier alpha value is -1.32. The van der Waals surface area contributed by atoms with Crippen molar-refractivity contribution in [3.05, 3.63) is 35.5 Å². The molecule has 4 heterocycles. The second-order valence-electron chi connectivity index (χ2n) is 7.56. The summed E-state index contributed by atoms with van der Waals surface area (Å²) in [6, 6.07) is 10.3. The lowest BCUT2D eigenvalue weighted by Crippen LogP contribution is -2.43. The number of nitrogens with zero attached hydrogens (tertiary/aromatic N) is 3. The first-order chi connectivity index (χ1) is 11.3. The van der Waals surface area contributed by atoms with E-state index >= 15 is 0 Å². The Morgan fingerprint density at radius 1 is 1.09 bits per heavy atom. The Morgan fingerprint density at radius 3 is 2.83 bits per heavy atom. The number of rotatable bonds is 1. The van der Waals surface area contributed by atoms with Crippen LogP contribution in [0.5, 0.6) is 0 Å². The Balaban J connectivity index is 1.70. The zero-order valence-electron chi connectivity index (χ0n) is 14.3. The molecule has 0 radical (unpaired) electrons. The number of hydrogen-bond donors (Lipinski definition) is 0. The Kier molecular flexibility index (Phi) is 3.11. The molecule has 3 nitrogen and oxygen atoms in total. The topological polar surface area (TPSA) is 11.4 Å². The molecule has 3 atom stereocenters. The molecule has 5 rings (SSSR count). The second-order valence-corrected chi connectivity index (χ2v) is 7.56. The van der Waals surface area contributed by atoms with Crippen LogP contribution < -0.4 is 0 Å². The molecule has 3 aliphatic heterocycles. The van der Waals surface area contributed by atoms with E-state index in [1.54, 1.807) is 11.3 Å². The SMILES string of the molecule is CCC1N2CCCCC2C2c3c(c4ccccc4n3C)CCN21. The molecule has 1 aromatic carbocycles. The fourth-order valence-corrected chi connectivity index (χ4v) is 5.75. The quantitative estimate of drug-likeness (QED) is 0.796. The number of piperidine rings is 1. The van der Waals surface area contributed by atoms with Crippen molar-refractivity contribution < 1.29 is 0 Å². The molecular weight excluding hydrogens is 282 g/mol. The molecule has 0 aliphatic carbocycles. The summed E-state index contributed by atoms with van der Waals surface area (Å²) in [4.78, 5) is 5.66. The highest BCUT2D eigenvalue weighted by atomic mass is 15.5. The van der Waals surface area contributed by atoms with Crippen molar-refractivity contribution in [2.24, 2.45) is 7.05 Å². The van der Waals surface area contributed by atoms with Crippen molar-refractivity contribution in [2.75, 3.05) is 13.1 Å². The lowest BCUT2D eigenvalue weighted by molar-refractivity contribution is 0.0940. The van der Waals surface area contributed by atoms with Gasteiger partial charge in [-0.1, -0.05) is 31.5 Å². The Bertz CT molecular complexity index is 747. The van der Waals surface area contributed by atoms with Gasteiger partial charge in [-0.05, 0) is 37.3 Å². The van der Waals surface area contributed by atoms with Crippen LogP contribution >= 0.6 is 0 Å². The average Bonchev–Trinajstić information content (AvgIpc) is 3.08. The summed E-state index contributed by atoms with van der Waals surface area (Å²) < 4.78 is 2.51. The van der Waals surface area contributed by atoms with Gasteiger partial charge in [0.25, 0.3) is 0 Å². The summed E-state index contributed by atoms with van der Waals surface area (Å²) in [5.74, 6) is 0. The van der Waals surface area contributed by atoms with Gasteiger partial charge >= 0.3 is 0 Å². The highest BCUT2D eigenvalue weighted by Crippen LogP contribution is 2.48. The van der Waals surface area contributed by atoms with Gasteiger partial charge in [0.2, 0.25) is 0 Å². The van der Waals surface area contributed by atoms with E-state index in [-0.39, 0.29) is 0 Å². The molecule has 0 spiro atoms. The lowest BCUT2D eigenvalue weighted by atomic mass is 9.90. The maximum absolute atomic E-state index is 2.83. The molecule has 3 unspecified atom stereocenters. The van der Waals surface area contributed by atoms with Crippen LogP contribution in [0.4, 0.5) is 0 Å². The summed E-state index contributed by atoms with van der Waals surface area (Å²) in [5.41, 5.74) is 4.67. The van der Waals surface area contributed by atoms with Gasteiger partial charge in [0, 0.05) is 42.8 Å². The number of fused-ring (bicyclic) bond motifs is 7. The molecule has 0 amide bonds. The first-order valence-corrected chi connectivity index (χ1v) is 9.39. The minimum absolute atomic E-state index is 0.612. The zero-order chi connectivity index (χ0) is 15.6. The van der Waals surface area contributed by atoms with E-state index in [1.807, 2.05) is 0 Å². The molecule has 2 fully saturated rings. The van der Waals surface area contributed by atoms with Gasteiger partial charge in [-0.25, -0.2) is 0 Å². The minimum atomic E-state index is 0.612. The van der Waals surface area contributed by atoms with Crippen LogP contribution in [-0.2, 0) is 13.5 Å². The van der Waals surface area contributed by atoms with Gasteiger partial charge in [0.05, 0.1) is 12.2 Å². The molecule has 0 N–H and O–H groups in total. The van der Waals surface area contributed by atoms with Crippen molar-refractivity contribution in [2.45, 2.75) is 57.3 Å². The molecule has 23 heavy (non-hydrogen) atoms.